The number of aryl methyl sites for hydroxylation is 1. The third-order valence-corrected chi connectivity index (χ3v) is 5.79. The minimum Gasteiger partial charge on any atom is -0.453 e. The number of benzene rings is 1. The van der Waals surface area contributed by atoms with Crippen molar-refractivity contribution in [2.75, 3.05) is 18.5 Å². The first kappa shape index (κ1) is 28.2. The SMILES string of the molecule is CCCCCCOC(=O)Nc1ccn([C@@H]2O[C@H](CO)[C@@H](OC(=O)CCc3ccccc3)C2(F)F)c(=O)n1. The van der Waals surface area contributed by atoms with E-state index in [9.17, 15) is 19.5 Å². The lowest BCUT2D eigenvalue weighted by atomic mass is 10.1. The molecule has 3 rings (SSSR count). The number of rotatable bonds is 12. The molecule has 0 saturated carbocycles. The maximum atomic E-state index is 15.2. The highest BCUT2D eigenvalue weighted by Crippen LogP contribution is 2.44. The molecule has 1 aliphatic heterocycles. The zero-order chi connectivity index (χ0) is 26.8. The van der Waals surface area contributed by atoms with Crippen molar-refractivity contribution in [2.24, 2.45) is 0 Å². The number of alkyl halides is 2. The van der Waals surface area contributed by atoms with E-state index in [2.05, 4.69) is 17.2 Å². The second kappa shape index (κ2) is 13.2. The molecule has 0 aliphatic carbocycles. The minimum atomic E-state index is -3.85. The van der Waals surface area contributed by atoms with Gasteiger partial charge in [0, 0.05) is 12.6 Å². The lowest BCUT2D eigenvalue weighted by Gasteiger charge is -2.24. The molecule has 202 valence electrons. The number of carbonyl (C=O) groups is 2. The van der Waals surface area contributed by atoms with E-state index in [4.69, 9.17) is 14.2 Å². The van der Waals surface area contributed by atoms with Crippen LogP contribution in [-0.2, 0) is 25.4 Å². The molecule has 1 amide bonds. The molecule has 1 aromatic heterocycles. The highest BCUT2D eigenvalue weighted by atomic mass is 19.3. The van der Waals surface area contributed by atoms with E-state index in [0.717, 1.165) is 37.1 Å². The summed E-state index contributed by atoms with van der Waals surface area (Å²) in [6, 6.07) is 10.1. The summed E-state index contributed by atoms with van der Waals surface area (Å²) in [4.78, 5) is 40.2. The van der Waals surface area contributed by atoms with Crippen molar-refractivity contribution in [1.82, 2.24) is 9.55 Å². The number of nitrogens with zero attached hydrogens (tertiary/aromatic N) is 2. The quantitative estimate of drug-likeness (QED) is 0.320. The average Bonchev–Trinajstić information content (AvgIpc) is 3.12. The number of carbonyl (C=O) groups excluding carboxylic acids is 2. The number of nitrogens with one attached hydrogen (secondary N) is 1. The summed E-state index contributed by atoms with van der Waals surface area (Å²) in [5.74, 6) is -4.94. The van der Waals surface area contributed by atoms with Gasteiger partial charge in [-0.15, -0.1) is 0 Å². The Morgan fingerprint density at radius 3 is 2.62 bits per heavy atom. The molecule has 2 N–H and O–H groups in total. The highest BCUT2D eigenvalue weighted by molar-refractivity contribution is 5.83. The van der Waals surface area contributed by atoms with Gasteiger partial charge in [0.1, 0.15) is 11.9 Å². The van der Waals surface area contributed by atoms with Gasteiger partial charge in [-0.25, -0.2) is 9.59 Å². The molecular formula is C25H31F2N3O7. The van der Waals surface area contributed by atoms with Gasteiger partial charge in [-0.1, -0.05) is 56.5 Å². The van der Waals surface area contributed by atoms with Crippen molar-refractivity contribution in [3.63, 3.8) is 0 Å². The number of esters is 1. The zero-order valence-corrected chi connectivity index (χ0v) is 20.5. The first-order valence-corrected chi connectivity index (χ1v) is 12.2. The van der Waals surface area contributed by atoms with Crippen LogP contribution in [0.15, 0.2) is 47.4 Å². The van der Waals surface area contributed by atoms with Crippen LogP contribution in [0.2, 0.25) is 0 Å². The van der Waals surface area contributed by atoms with Crippen molar-refractivity contribution in [1.29, 1.82) is 0 Å². The number of unbranched alkanes of at least 4 members (excludes halogenated alkanes) is 3. The van der Waals surface area contributed by atoms with Crippen LogP contribution in [0.4, 0.5) is 19.4 Å². The number of hydrogen-bond donors (Lipinski definition) is 2. The van der Waals surface area contributed by atoms with Gasteiger partial charge < -0.3 is 19.3 Å². The van der Waals surface area contributed by atoms with Crippen LogP contribution < -0.4 is 11.0 Å². The van der Waals surface area contributed by atoms with Crippen LogP contribution in [-0.4, -0.2) is 58.1 Å². The van der Waals surface area contributed by atoms with Gasteiger partial charge in [-0.2, -0.15) is 13.8 Å². The average molecular weight is 524 g/mol. The molecule has 12 heteroatoms. The third-order valence-electron chi connectivity index (χ3n) is 5.79. The summed E-state index contributed by atoms with van der Waals surface area (Å²) in [5, 5.41) is 11.8. The molecule has 1 fully saturated rings. The lowest BCUT2D eigenvalue weighted by molar-refractivity contribution is -0.176. The van der Waals surface area contributed by atoms with Crippen molar-refractivity contribution < 1.29 is 37.7 Å². The smallest absolute Gasteiger partial charge is 0.412 e. The first-order valence-electron chi connectivity index (χ1n) is 12.2. The second-order valence-corrected chi connectivity index (χ2v) is 8.60. The minimum absolute atomic E-state index is 0.157. The molecule has 0 spiro atoms. The summed E-state index contributed by atoms with van der Waals surface area (Å²) < 4.78 is 46.2. The molecule has 2 heterocycles. The van der Waals surface area contributed by atoms with E-state index in [1.165, 1.54) is 0 Å². The number of amides is 1. The molecule has 3 atom stereocenters. The molecule has 0 bridgehead atoms. The number of hydrogen-bond acceptors (Lipinski definition) is 8. The van der Waals surface area contributed by atoms with E-state index >= 15 is 8.78 Å². The Balaban J connectivity index is 1.62. The number of ether oxygens (including phenoxy) is 3. The highest BCUT2D eigenvalue weighted by Gasteiger charge is 2.62. The summed E-state index contributed by atoms with van der Waals surface area (Å²) in [7, 11) is 0. The lowest BCUT2D eigenvalue weighted by Crippen LogP contribution is -2.44. The second-order valence-electron chi connectivity index (χ2n) is 8.60. The van der Waals surface area contributed by atoms with Crippen LogP contribution in [0, 0.1) is 0 Å². The molecule has 2 aromatic rings. The molecule has 1 aliphatic rings. The summed E-state index contributed by atoms with van der Waals surface area (Å²) in [5.41, 5.74) is -0.310. The van der Waals surface area contributed by atoms with Gasteiger partial charge >= 0.3 is 23.7 Å². The largest absolute Gasteiger partial charge is 0.453 e. The van der Waals surface area contributed by atoms with Gasteiger partial charge in [0.15, 0.2) is 6.10 Å². The van der Waals surface area contributed by atoms with E-state index in [1.54, 1.807) is 24.3 Å². The normalized spacial score (nSPS) is 20.4. The summed E-state index contributed by atoms with van der Waals surface area (Å²) in [6.07, 6.45) is -1.94. The number of aliphatic hydroxyl groups excluding tert-OH is 1. The van der Waals surface area contributed by atoms with Crippen LogP contribution in [0.5, 0.6) is 0 Å². The standard InChI is InChI=1S/C25H31F2N3O7/c1-2-3-4-8-15-35-24(34)29-19-13-14-30(23(33)28-19)22-25(26,27)21(18(16-31)36-22)37-20(32)12-11-17-9-6-5-7-10-17/h5-7,9-10,13-14,18,21-22,31H,2-4,8,11-12,15-16H2,1H3,(H,28,29,33,34)/t18-,21-,22-/m1/s1. The fourth-order valence-electron chi connectivity index (χ4n) is 3.85. The molecule has 1 aromatic carbocycles. The number of anilines is 1. The molecule has 0 radical (unpaired) electrons. The molecule has 10 nitrogen and oxygen atoms in total. The summed E-state index contributed by atoms with van der Waals surface area (Å²) in [6.45, 7) is 1.38. The Bertz CT molecular complexity index is 1100. The predicted octanol–water partition coefficient (Wildman–Crippen LogP) is 3.44. The van der Waals surface area contributed by atoms with Gasteiger partial charge in [-0.3, -0.25) is 14.7 Å². The number of halogens is 2. The van der Waals surface area contributed by atoms with E-state index in [-0.39, 0.29) is 25.3 Å². The van der Waals surface area contributed by atoms with Crippen molar-refractivity contribution in [3.05, 3.63) is 58.6 Å². The topological polar surface area (TPSA) is 129 Å². The maximum absolute atomic E-state index is 15.2. The third kappa shape index (κ3) is 7.56. The zero-order valence-electron chi connectivity index (χ0n) is 20.5. The van der Waals surface area contributed by atoms with Gasteiger partial charge in [0.25, 0.3) is 0 Å². The Hall–Kier alpha value is -3.38. The van der Waals surface area contributed by atoms with E-state index < -0.39 is 48.7 Å². The Morgan fingerprint density at radius 1 is 1.19 bits per heavy atom. The monoisotopic (exact) mass is 523 g/mol. The van der Waals surface area contributed by atoms with Gasteiger partial charge in [-0.05, 0) is 24.5 Å². The van der Waals surface area contributed by atoms with Crippen LogP contribution in [0.3, 0.4) is 0 Å². The first-order chi connectivity index (χ1) is 17.8. The molecular weight excluding hydrogens is 492 g/mol. The molecule has 0 unspecified atom stereocenters. The van der Waals surface area contributed by atoms with Gasteiger partial charge in [0.05, 0.1) is 13.2 Å². The predicted molar refractivity (Wildman–Crippen MR) is 128 cm³/mol. The molecule has 37 heavy (non-hydrogen) atoms. The fourth-order valence-corrected chi connectivity index (χ4v) is 3.85. The van der Waals surface area contributed by atoms with E-state index in [1.807, 2.05) is 6.07 Å². The van der Waals surface area contributed by atoms with Gasteiger partial charge in [0.2, 0.25) is 6.23 Å². The van der Waals surface area contributed by atoms with Crippen LogP contribution in [0.1, 0.15) is 50.8 Å². The summed E-state index contributed by atoms with van der Waals surface area (Å²) >= 11 is 0. The maximum Gasteiger partial charge on any atom is 0.412 e. The van der Waals surface area contributed by atoms with Crippen molar-refractivity contribution in [2.45, 2.75) is 69.8 Å². The van der Waals surface area contributed by atoms with Crippen molar-refractivity contribution >= 4 is 17.9 Å². The fraction of sp³-hybridized carbons (Fsp3) is 0.520. The Kier molecular flexibility index (Phi) is 10.1. The Labute approximate surface area is 212 Å². The Morgan fingerprint density at radius 2 is 1.95 bits per heavy atom. The number of aromatic nitrogens is 2. The number of aliphatic hydroxyl groups is 1. The molecule has 1 saturated heterocycles. The van der Waals surface area contributed by atoms with Crippen LogP contribution >= 0.6 is 0 Å². The van der Waals surface area contributed by atoms with Crippen LogP contribution in [0.25, 0.3) is 0 Å². The van der Waals surface area contributed by atoms with Crippen molar-refractivity contribution in [3.8, 4) is 0 Å². The van der Waals surface area contributed by atoms with E-state index in [0.29, 0.717) is 11.0 Å².